The molecular weight excluding hydrogens is 296 g/mol. The van der Waals surface area contributed by atoms with Crippen LogP contribution in [0.25, 0.3) is 0 Å². The summed E-state index contributed by atoms with van der Waals surface area (Å²) in [6.45, 7) is 0.386. The number of carboxylic acids is 1. The fourth-order valence-corrected chi connectivity index (χ4v) is 5.18. The highest BCUT2D eigenvalue weighted by atomic mass is 32.2. The van der Waals surface area contributed by atoms with Crippen LogP contribution >= 0.6 is 0 Å². The van der Waals surface area contributed by atoms with Crippen LogP contribution in [-0.2, 0) is 19.6 Å². The monoisotopic (exact) mass is 318 g/mol. The molecule has 2 N–H and O–H groups in total. The Morgan fingerprint density at radius 3 is 2.57 bits per heavy atom. The molecule has 0 bridgehead atoms. The Kier molecular flexibility index (Phi) is 5.21. The number of nitrogens with one attached hydrogen (secondary N) is 1. The topological polar surface area (TPSA) is 104 Å². The lowest BCUT2D eigenvalue weighted by molar-refractivity contribution is -0.141. The summed E-state index contributed by atoms with van der Waals surface area (Å²) >= 11 is 0. The molecule has 2 rings (SSSR count). The van der Waals surface area contributed by atoms with Crippen LogP contribution < -0.4 is 5.32 Å². The number of carbonyl (C=O) groups excluding carboxylic acids is 1. The van der Waals surface area contributed by atoms with Gasteiger partial charge in [-0.25, -0.2) is 8.42 Å². The van der Waals surface area contributed by atoms with Gasteiger partial charge in [0.05, 0.1) is 12.2 Å². The van der Waals surface area contributed by atoms with Crippen molar-refractivity contribution >= 4 is 21.9 Å². The Morgan fingerprint density at radius 2 is 1.95 bits per heavy atom. The molecule has 0 spiro atoms. The molecule has 1 aliphatic heterocycles. The van der Waals surface area contributed by atoms with Gasteiger partial charge in [-0.1, -0.05) is 19.3 Å². The third-order valence-electron chi connectivity index (χ3n) is 4.18. The first-order valence-corrected chi connectivity index (χ1v) is 9.00. The van der Waals surface area contributed by atoms with Crippen molar-refractivity contribution in [2.24, 2.45) is 5.92 Å². The Bertz CT molecular complexity index is 499. The van der Waals surface area contributed by atoms with Crippen LogP contribution in [0.4, 0.5) is 0 Å². The highest BCUT2D eigenvalue weighted by Crippen LogP contribution is 2.27. The molecular formula is C13H22N2O5S. The number of aliphatic carboxylic acids is 1. The molecule has 0 aromatic carbocycles. The molecule has 1 aliphatic carbocycles. The quantitative estimate of drug-likeness (QED) is 0.752. The molecule has 120 valence electrons. The molecule has 1 atom stereocenters. The highest BCUT2D eigenvalue weighted by Gasteiger charge is 2.39. The zero-order valence-electron chi connectivity index (χ0n) is 12.0. The molecule has 21 heavy (non-hydrogen) atoms. The van der Waals surface area contributed by atoms with Gasteiger partial charge in [0.25, 0.3) is 0 Å². The molecule has 1 saturated heterocycles. The fourth-order valence-electron chi connectivity index (χ4n) is 3.13. The number of piperazine rings is 1. The van der Waals surface area contributed by atoms with Crippen molar-refractivity contribution < 1.29 is 23.1 Å². The molecule has 8 heteroatoms. The van der Waals surface area contributed by atoms with Gasteiger partial charge >= 0.3 is 5.97 Å². The second kappa shape index (κ2) is 6.74. The van der Waals surface area contributed by atoms with E-state index in [9.17, 15) is 18.0 Å². The first kappa shape index (κ1) is 16.2. The van der Waals surface area contributed by atoms with E-state index in [1.165, 1.54) is 0 Å². The van der Waals surface area contributed by atoms with E-state index in [0.29, 0.717) is 0 Å². The standard InChI is InChI=1S/C13H22N2O5S/c16-12(17)8-11-13(18)14-6-7-15(11)21(19,20)9-10-4-2-1-3-5-10/h10-11H,1-9H2,(H,14,18)(H,16,17). The minimum atomic E-state index is -3.60. The lowest BCUT2D eigenvalue weighted by Crippen LogP contribution is -2.58. The number of rotatable bonds is 5. The zero-order chi connectivity index (χ0) is 15.5. The second-order valence-corrected chi connectivity index (χ2v) is 7.76. The zero-order valence-corrected chi connectivity index (χ0v) is 12.8. The van der Waals surface area contributed by atoms with Crippen molar-refractivity contribution in [2.45, 2.75) is 44.6 Å². The van der Waals surface area contributed by atoms with Crippen LogP contribution in [0.2, 0.25) is 0 Å². The van der Waals surface area contributed by atoms with Gasteiger partial charge in [0.1, 0.15) is 6.04 Å². The summed E-state index contributed by atoms with van der Waals surface area (Å²) in [5.41, 5.74) is 0. The number of nitrogens with zero attached hydrogens (tertiary/aromatic N) is 1. The normalized spacial score (nSPS) is 25.5. The maximum absolute atomic E-state index is 12.5. The molecule has 0 aromatic heterocycles. The van der Waals surface area contributed by atoms with Gasteiger partial charge < -0.3 is 10.4 Å². The van der Waals surface area contributed by atoms with Gasteiger partial charge in [0, 0.05) is 13.1 Å². The molecule has 1 amide bonds. The highest BCUT2D eigenvalue weighted by molar-refractivity contribution is 7.89. The molecule has 0 aromatic rings. The predicted octanol–water partition coefficient (Wildman–Crippen LogP) is 0.172. The first-order chi connectivity index (χ1) is 9.90. The second-order valence-electron chi connectivity index (χ2n) is 5.80. The van der Waals surface area contributed by atoms with Crippen molar-refractivity contribution in [3.63, 3.8) is 0 Å². The third kappa shape index (κ3) is 4.16. The van der Waals surface area contributed by atoms with Crippen molar-refractivity contribution in [1.29, 1.82) is 0 Å². The fraction of sp³-hybridized carbons (Fsp3) is 0.846. The van der Waals surface area contributed by atoms with Crippen LogP contribution in [0.3, 0.4) is 0 Å². The van der Waals surface area contributed by atoms with Crippen LogP contribution in [-0.4, -0.2) is 54.6 Å². The average molecular weight is 318 g/mol. The Labute approximate surface area is 124 Å². The van der Waals surface area contributed by atoms with Gasteiger partial charge in [-0.15, -0.1) is 0 Å². The molecule has 1 saturated carbocycles. The van der Waals surface area contributed by atoms with E-state index in [0.717, 1.165) is 36.4 Å². The molecule has 1 unspecified atom stereocenters. The van der Waals surface area contributed by atoms with Crippen LogP contribution in [0.15, 0.2) is 0 Å². The van der Waals surface area contributed by atoms with Crippen LogP contribution in [0, 0.1) is 5.92 Å². The van der Waals surface area contributed by atoms with E-state index >= 15 is 0 Å². The lowest BCUT2D eigenvalue weighted by Gasteiger charge is -2.34. The molecule has 7 nitrogen and oxygen atoms in total. The number of carboxylic acid groups (broad SMARTS) is 1. The van der Waals surface area contributed by atoms with Gasteiger partial charge in [0.2, 0.25) is 15.9 Å². The summed E-state index contributed by atoms with van der Waals surface area (Å²) < 4.78 is 26.2. The average Bonchev–Trinajstić information content (AvgIpc) is 2.41. The number of sulfonamides is 1. The van der Waals surface area contributed by atoms with E-state index in [2.05, 4.69) is 5.32 Å². The Morgan fingerprint density at radius 1 is 1.29 bits per heavy atom. The predicted molar refractivity (Wildman–Crippen MR) is 76.1 cm³/mol. The number of hydrogen-bond donors (Lipinski definition) is 2. The largest absolute Gasteiger partial charge is 0.481 e. The minimum Gasteiger partial charge on any atom is -0.481 e. The van der Waals surface area contributed by atoms with Crippen molar-refractivity contribution in [2.75, 3.05) is 18.8 Å². The summed E-state index contributed by atoms with van der Waals surface area (Å²) in [5.74, 6) is -1.54. The summed E-state index contributed by atoms with van der Waals surface area (Å²) in [6, 6.07) is -1.12. The SMILES string of the molecule is O=C(O)CC1C(=O)NCCN1S(=O)(=O)CC1CCCCC1. The van der Waals surface area contributed by atoms with Crippen LogP contribution in [0.5, 0.6) is 0 Å². The van der Waals surface area contributed by atoms with Gasteiger partial charge in [-0.05, 0) is 18.8 Å². The van der Waals surface area contributed by atoms with Crippen LogP contribution in [0.1, 0.15) is 38.5 Å². The molecule has 2 aliphatic rings. The van der Waals surface area contributed by atoms with E-state index in [-0.39, 0.29) is 24.8 Å². The number of hydrogen-bond acceptors (Lipinski definition) is 4. The maximum Gasteiger partial charge on any atom is 0.305 e. The summed E-state index contributed by atoms with van der Waals surface area (Å²) in [7, 11) is -3.60. The Hall–Kier alpha value is -1.15. The first-order valence-electron chi connectivity index (χ1n) is 7.39. The summed E-state index contributed by atoms with van der Waals surface area (Å²) in [6.07, 6.45) is 4.52. The molecule has 1 heterocycles. The Balaban J connectivity index is 2.10. The number of carbonyl (C=O) groups is 2. The van der Waals surface area contributed by atoms with Gasteiger partial charge in [0.15, 0.2) is 0 Å². The van der Waals surface area contributed by atoms with Crippen molar-refractivity contribution in [3.8, 4) is 0 Å². The van der Waals surface area contributed by atoms with Crippen molar-refractivity contribution in [3.05, 3.63) is 0 Å². The van der Waals surface area contributed by atoms with E-state index in [1.807, 2.05) is 0 Å². The maximum atomic E-state index is 12.5. The third-order valence-corrected chi connectivity index (χ3v) is 6.22. The summed E-state index contributed by atoms with van der Waals surface area (Å²) in [5, 5.41) is 11.4. The number of amides is 1. The molecule has 0 radical (unpaired) electrons. The van der Waals surface area contributed by atoms with Gasteiger partial charge in [-0.2, -0.15) is 4.31 Å². The van der Waals surface area contributed by atoms with E-state index in [4.69, 9.17) is 5.11 Å². The van der Waals surface area contributed by atoms with E-state index < -0.39 is 34.4 Å². The van der Waals surface area contributed by atoms with Gasteiger partial charge in [-0.3, -0.25) is 9.59 Å². The molecule has 2 fully saturated rings. The van der Waals surface area contributed by atoms with Crippen molar-refractivity contribution in [1.82, 2.24) is 9.62 Å². The minimum absolute atomic E-state index is 0.0242. The smallest absolute Gasteiger partial charge is 0.305 e. The van der Waals surface area contributed by atoms with E-state index in [1.54, 1.807) is 0 Å². The summed E-state index contributed by atoms with van der Waals surface area (Å²) in [4.78, 5) is 22.7. The lowest BCUT2D eigenvalue weighted by atomic mass is 9.91.